The molecule has 1 aromatic heterocycles. The molecule has 9 nitrogen and oxygen atoms in total. The number of amides is 4. The maximum absolute atomic E-state index is 13.1. The first-order valence-electron chi connectivity index (χ1n) is 10.1. The van der Waals surface area contributed by atoms with Gasteiger partial charge in [-0.3, -0.25) is 9.59 Å². The molecule has 0 saturated carbocycles. The maximum Gasteiger partial charge on any atom is 0.416 e. The van der Waals surface area contributed by atoms with Crippen molar-refractivity contribution in [2.75, 3.05) is 12.4 Å². The Bertz CT molecular complexity index is 1120. The molecule has 2 N–H and O–H groups in total. The van der Waals surface area contributed by atoms with Crippen LogP contribution in [0.25, 0.3) is 0 Å². The van der Waals surface area contributed by atoms with Gasteiger partial charge in [0.25, 0.3) is 5.91 Å². The Hall–Kier alpha value is -3.48. The number of benzene rings is 1. The number of hydrogen-bond donors (Lipinski definition) is 2. The van der Waals surface area contributed by atoms with Crippen molar-refractivity contribution in [2.24, 2.45) is 5.92 Å². The van der Waals surface area contributed by atoms with Crippen LogP contribution in [0.5, 0.6) is 0 Å². The van der Waals surface area contributed by atoms with Crippen LogP contribution in [0.15, 0.2) is 29.6 Å². The SMILES string of the molecule is COC(=O)c1csc(NC(=O)C(CC(C)C)N2C(=O)NC(c3cccc(C(F)(F)F)c3)C2=O)n1. The average Bonchev–Trinajstić information content (AvgIpc) is 3.35. The summed E-state index contributed by atoms with van der Waals surface area (Å²) < 4.78 is 43.8. The normalized spacial score (nSPS) is 17.0. The quantitative estimate of drug-likeness (QED) is 0.445. The molecule has 13 heteroatoms. The van der Waals surface area contributed by atoms with Crippen molar-refractivity contribution in [1.82, 2.24) is 15.2 Å². The number of thiazole rings is 1. The van der Waals surface area contributed by atoms with E-state index in [4.69, 9.17) is 0 Å². The summed E-state index contributed by atoms with van der Waals surface area (Å²) in [6, 6.07) is 0.546. The molecule has 0 aliphatic carbocycles. The number of anilines is 1. The summed E-state index contributed by atoms with van der Waals surface area (Å²) in [5.74, 6) is -2.40. The fourth-order valence-corrected chi connectivity index (χ4v) is 4.09. The highest BCUT2D eigenvalue weighted by Crippen LogP contribution is 2.33. The van der Waals surface area contributed by atoms with Gasteiger partial charge in [-0.15, -0.1) is 11.3 Å². The lowest BCUT2D eigenvalue weighted by molar-refractivity contribution is -0.138. The minimum atomic E-state index is -4.63. The molecule has 1 aliphatic rings. The number of urea groups is 1. The third-order valence-electron chi connectivity index (χ3n) is 4.96. The van der Waals surface area contributed by atoms with E-state index in [2.05, 4.69) is 20.4 Å². The van der Waals surface area contributed by atoms with Gasteiger partial charge in [-0.2, -0.15) is 13.2 Å². The molecule has 2 heterocycles. The van der Waals surface area contributed by atoms with E-state index in [1.54, 1.807) is 13.8 Å². The Balaban J connectivity index is 1.85. The van der Waals surface area contributed by atoms with Crippen LogP contribution in [-0.2, 0) is 20.5 Å². The Labute approximate surface area is 196 Å². The van der Waals surface area contributed by atoms with Gasteiger partial charge < -0.3 is 15.4 Å². The van der Waals surface area contributed by atoms with Crippen LogP contribution >= 0.6 is 11.3 Å². The Kier molecular flexibility index (Phi) is 7.24. The lowest BCUT2D eigenvalue weighted by Crippen LogP contribution is -2.48. The van der Waals surface area contributed by atoms with Gasteiger partial charge in [-0.05, 0) is 30.0 Å². The zero-order chi connectivity index (χ0) is 25.2. The number of imide groups is 1. The smallest absolute Gasteiger partial charge is 0.416 e. The Morgan fingerprint density at radius 1 is 1.29 bits per heavy atom. The number of rotatable bonds is 7. The summed E-state index contributed by atoms with van der Waals surface area (Å²) in [7, 11) is 1.18. The lowest BCUT2D eigenvalue weighted by Gasteiger charge is -2.25. The molecule has 182 valence electrons. The molecule has 4 amide bonds. The van der Waals surface area contributed by atoms with Crippen molar-refractivity contribution in [3.63, 3.8) is 0 Å². The van der Waals surface area contributed by atoms with Crippen molar-refractivity contribution in [1.29, 1.82) is 0 Å². The van der Waals surface area contributed by atoms with Gasteiger partial charge in [0.15, 0.2) is 10.8 Å². The number of hydrogen-bond acceptors (Lipinski definition) is 7. The highest BCUT2D eigenvalue weighted by molar-refractivity contribution is 7.14. The van der Waals surface area contributed by atoms with Gasteiger partial charge in [0, 0.05) is 5.38 Å². The lowest BCUT2D eigenvalue weighted by atomic mass is 10.00. The molecule has 0 bridgehead atoms. The van der Waals surface area contributed by atoms with Crippen LogP contribution < -0.4 is 10.6 Å². The molecule has 2 aromatic rings. The van der Waals surface area contributed by atoms with Crippen molar-refractivity contribution in [2.45, 2.75) is 38.5 Å². The van der Waals surface area contributed by atoms with Gasteiger partial charge >= 0.3 is 18.2 Å². The highest BCUT2D eigenvalue weighted by Gasteiger charge is 2.46. The molecule has 1 aromatic carbocycles. The number of alkyl halides is 3. The number of ether oxygens (including phenoxy) is 1. The number of carbonyl (C=O) groups excluding carboxylic acids is 4. The molecule has 1 fully saturated rings. The van der Waals surface area contributed by atoms with E-state index in [-0.39, 0.29) is 28.7 Å². The zero-order valence-corrected chi connectivity index (χ0v) is 19.1. The first-order chi connectivity index (χ1) is 15.9. The minimum Gasteiger partial charge on any atom is -0.464 e. The summed E-state index contributed by atoms with van der Waals surface area (Å²) in [5.41, 5.74) is -1.04. The van der Waals surface area contributed by atoms with E-state index < -0.39 is 47.6 Å². The monoisotopic (exact) mass is 498 g/mol. The third-order valence-corrected chi connectivity index (χ3v) is 5.71. The number of esters is 1. The Morgan fingerprint density at radius 3 is 2.62 bits per heavy atom. The molecule has 34 heavy (non-hydrogen) atoms. The first kappa shape index (κ1) is 25.1. The molecule has 3 rings (SSSR count). The van der Waals surface area contributed by atoms with Crippen LogP contribution in [0.3, 0.4) is 0 Å². The second kappa shape index (κ2) is 9.79. The fraction of sp³-hybridized carbons (Fsp3) is 0.381. The number of nitrogens with one attached hydrogen (secondary N) is 2. The second-order valence-electron chi connectivity index (χ2n) is 7.88. The topological polar surface area (TPSA) is 118 Å². The summed E-state index contributed by atoms with van der Waals surface area (Å²) in [4.78, 5) is 55.0. The van der Waals surface area contributed by atoms with Gasteiger partial charge in [-0.1, -0.05) is 26.0 Å². The van der Waals surface area contributed by atoms with Crippen molar-refractivity contribution in [3.8, 4) is 0 Å². The van der Waals surface area contributed by atoms with Crippen molar-refractivity contribution < 1.29 is 37.1 Å². The van der Waals surface area contributed by atoms with E-state index in [1.165, 1.54) is 18.6 Å². The van der Waals surface area contributed by atoms with Crippen molar-refractivity contribution in [3.05, 3.63) is 46.5 Å². The molecule has 1 saturated heterocycles. The predicted molar refractivity (Wildman–Crippen MR) is 115 cm³/mol. The standard InChI is InChI=1S/C21H21F3N4O5S/c1-10(2)7-14(16(29)27-19-25-13(9-34-19)18(31)33-3)28-17(30)15(26-20(28)32)11-5-4-6-12(8-11)21(22,23)24/h4-6,8-10,14-15H,7H2,1-3H3,(H,26,32)(H,25,27,29). The van der Waals surface area contributed by atoms with Crippen LogP contribution in [-0.4, -0.2) is 46.9 Å². The number of halogens is 3. The Morgan fingerprint density at radius 2 is 2.00 bits per heavy atom. The van der Waals surface area contributed by atoms with Crippen LogP contribution in [0.1, 0.15) is 47.9 Å². The summed E-state index contributed by atoms with van der Waals surface area (Å²) in [6.45, 7) is 3.56. The summed E-state index contributed by atoms with van der Waals surface area (Å²) in [6.07, 6.45) is -4.53. The van der Waals surface area contributed by atoms with Gasteiger partial charge in [0.2, 0.25) is 5.91 Å². The molecular formula is C21H21F3N4O5S. The first-order valence-corrected chi connectivity index (χ1v) is 11.0. The summed E-state index contributed by atoms with van der Waals surface area (Å²) >= 11 is 0.949. The summed E-state index contributed by atoms with van der Waals surface area (Å²) in [5, 5.41) is 6.28. The molecule has 0 spiro atoms. The van der Waals surface area contributed by atoms with E-state index in [1.807, 2.05) is 0 Å². The molecular weight excluding hydrogens is 477 g/mol. The van der Waals surface area contributed by atoms with E-state index in [0.717, 1.165) is 34.4 Å². The molecule has 1 aliphatic heterocycles. The van der Waals surface area contributed by atoms with Crippen LogP contribution in [0.4, 0.5) is 23.1 Å². The van der Waals surface area contributed by atoms with E-state index in [0.29, 0.717) is 0 Å². The molecule has 0 radical (unpaired) electrons. The molecule has 2 atom stereocenters. The number of nitrogens with zero attached hydrogens (tertiary/aromatic N) is 2. The maximum atomic E-state index is 13.1. The largest absolute Gasteiger partial charge is 0.464 e. The van der Waals surface area contributed by atoms with Crippen molar-refractivity contribution >= 4 is 40.3 Å². The third kappa shape index (κ3) is 5.35. The highest BCUT2D eigenvalue weighted by atomic mass is 32.1. The number of methoxy groups -OCH3 is 1. The second-order valence-corrected chi connectivity index (χ2v) is 8.74. The average molecular weight is 498 g/mol. The van der Waals surface area contributed by atoms with Gasteiger partial charge in [0.1, 0.15) is 12.1 Å². The van der Waals surface area contributed by atoms with E-state index >= 15 is 0 Å². The van der Waals surface area contributed by atoms with Gasteiger partial charge in [-0.25, -0.2) is 19.5 Å². The van der Waals surface area contributed by atoms with E-state index in [9.17, 15) is 32.3 Å². The minimum absolute atomic E-state index is 0.0252. The number of aromatic nitrogens is 1. The van der Waals surface area contributed by atoms with Crippen LogP contribution in [0, 0.1) is 5.92 Å². The molecule has 2 unspecified atom stereocenters. The van der Waals surface area contributed by atoms with Crippen LogP contribution in [0.2, 0.25) is 0 Å². The fourth-order valence-electron chi connectivity index (χ4n) is 3.40. The zero-order valence-electron chi connectivity index (χ0n) is 18.3. The van der Waals surface area contributed by atoms with Gasteiger partial charge in [0.05, 0.1) is 12.7 Å². The number of carbonyl (C=O) groups is 4. The predicted octanol–water partition coefficient (Wildman–Crippen LogP) is 3.59.